The average molecular weight is 307 g/mol. The lowest BCUT2D eigenvalue weighted by molar-refractivity contribution is 0.0585. The van der Waals surface area contributed by atoms with Crippen molar-refractivity contribution in [2.75, 3.05) is 5.73 Å². The first kappa shape index (κ1) is 15.3. The number of hydrogen-bond acceptors (Lipinski definition) is 3. The van der Waals surface area contributed by atoms with Gasteiger partial charge in [-0.05, 0) is 19.4 Å². The first-order valence-electron chi connectivity index (χ1n) is 7.65. The van der Waals surface area contributed by atoms with Crippen LogP contribution in [0.1, 0.15) is 13.8 Å². The summed E-state index contributed by atoms with van der Waals surface area (Å²) < 4.78 is 1.69. The second-order valence-electron chi connectivity index (χ2n) is 6.31. The van der Waals surface area contributed by atoms with Crippen molar-refractivity contribution in [3.05, 3.63) is 60.7 Å². The Bertz CT molecular complexity index is 787. The normalized spacial score (nSPS) is 11.6. The predicted molar refractivity (Wildman–Crippen MR) is 93.8 cm³/mol. The zero-order valence-corrected chi connectivity index (χ0v) is 13.4. The molecule has 3 rings (SSSR count). The molecule has 0 bridgehead atoms. The summed E-state index contributed by atoms with van der Waals surface area (Å²) in [5.74, 6) is 0.567. The Labute approximate surface area is 136 Å². The molecule has 3 aromatic rings. The molecule has 4 heteroatoms. The van der Waals surface area contributed by atoms with Crippen LogP contribution in [0.5, 0.6) is 0 Å². The zero-order valence-electron chi connectivity index (χ0n) is 13.4. The van der Waals surface area contributed by atoms with Gasteiger partial charge in [0.2, 0.25) is 0 Å². The van der Waals surface area contributed by atoms with Gasteiger partial charge >= 0.3 is 0 Å². The van der Waals surface area contributed by atoms with Crippen molar-refractivity contribution in [2.24, 2.45) is 0 Å². The molecule has 0 atom stereocenters. The number of benzene rings is 2. The number of hydrogen-bond donors (Lipinski definition) is 2. The molecule has 3 N–H and O–H groups in total. The molecule has 23 heavy (non-hydrogen) atoms. The number of nitrogen functional groups attached to an aromatic ring is 1. The fourth-order valence-corrected chi connectivity index (χ4v) is 2.65. The van der Waals surface area contributed by atoms with Gasteiger partial charge in [0, 0.05) is 5.56 Å². The minimum absolute atomic E-state index is 0.339. The van der Waals surface area contributed by atoms with E-state index in [1.807, 2.05) is 60.7 Å². The van der Waals surface area contributed by atoms with E-state index in [2.05, 4.69) is 5.10 Å². The Morgan fingerprint density at radius 3 is 2.00 bits per heavy atom. The van der Waals surface area contributed by atoms with Crippen molar-refractivity contribution in [3.8, 4) is 22.4 Å². The van der Waals surface area contributed by atoms with E-state index in [9.17, 15) is 5.11 Å². The third kappa shape index (κ3) is 3.27. The summed E-state index contributed by atoms with van der Waals surface area (Å²) in [6.07, 6.45) is 0. The molecule has 0 amide bonds. The maximum atomic E-state index is 10.1. The molecule has 1 aromatic heterocycles. The van der Waals surface area contributed by atoms with Crippen molar-refractivity contribution in [1.29, 1.82) is 0 Å². The van der Waals surface area contributed by atoms with E-state index >= 15 is 0 Å². The van der Waals surface area contributed by atoms with Crippen LogP contribution >= 0.6 is 0 Å². The molecule has 0 aliphatic rings. The molecule has 0 spiro atoms. The minimum atomic E-state index is -0.887. The maximum absolute atomic E-state index is 10.1. The molecule has 1 heterocycles. The monoisotopic (exact) mass is 307 g/mol. The van der Waals surface area contributed by atoms with Gasteiger partial charge in [-0.1, -0.05) is 60.7 Å². The van der Waals surface area contributed by atoms with Crippen molar-refractivity contribution in [3.63, 3.8) is 0 Å². The average Bonchev–Trinajstić information content (AvgIpc) is 2.84. The number of aromatic nitrogens is 2. The van der Waals surface area contributed by atoms with Crippen LogP contribution in [0, 0.1) is 0 Å². The molecular weight excluding hydrogens is 286 g/mol. The number of anilines is 1. The third-order valence-corrected chi connectivity index (χ3v) is 3.64. The zero-order chi connectivity index (χ0) is 16.4. The Morgan fingerprint density at radius 2 is 1.48 bits per heavy atom. The molecule has 0 aliphatic heterocycles. The van der Waals surface area contributed by atoms with Crippen LogP contribution < -0.4 is 5.73 Å². The minimum Gasteiger partial charge on any atom is -0.389 e. The first-order valence-corrected chi connectivity index (χ1v) is 7.65. The second-order valence-corrected chi connectivity index (χ2v) is 6.31. The van der Waals surface area contributed by atoms with Crippen LogP contribution in [0.25, 0.3) is 22.4 Å². The molecule has 0 radical (unpaired) electrons. The van der Waals surface area contributed by atoms with Crippen molar-refractivity contribution in [1.82, 2.24) is 9.78 Å². The SMILES string of the molecule is CC(C)(O)Cn1nc(-c2ccccc2)c(-c2ccccc2)c1N. The summed E-state index contributed by atoms with van der Waals surface area (Å²) >= 11 is 0. The van der Waals surface area contributed by atoms with E-state index in [0.717, 1.165) is 22.4 Å². The van der Waals surface area contributed by atoms with Crippen LogP contribution in [0.3, 0.4) is 0 Å². The van der Waals surface area contributed by atoms with E-state index in [1.165, 1.54) is 0 Å². The highest BCUT2D eigenvalue weighted by Crippen LogP contribution is 2.36. The van der Waals surface area contributed by atoms with Gasteiger partial charge < -0.3 is 10.8 Å². The van der Waals surface area contributed by atoms with Crippen LogP contribution in [-0.4, -0.2) is 20.5 Å². The van der Waals surface area contributed by atoms with Gasteiger partial charge in [-0.25, -0.2) is 4.68 Å². The summed E-state index contributed by atoms with van der Waals surface area (Å²) in [6, 6.07) is 20.0. The van der Waals surface area contributed by atoms with Crippen LogP contribution in [0.15, 0.2) is 60.7 Å². The van der Waals surface area contributed by atoms with Crippen LogP contribution in [0.2, 0.25) is 0 Å². The Morgan fingerprint density at radius 1 is 0.957 bits per heavy atom. The molecule has 0 unspecified atom stereocenters. The summed E-state index contributed by atoms with van der Waals surface area (Å²) in [5, 5.41) is 14.8. The highest BCUT2D eigenvalue weighted by molar-refractivity contribution is 5.88. The summed E-state index contributed by atoms with van der Waals surface area (Å²) in [6.45, 7) is 3.84. The smallest absolute Gasteiger partial charge is 0.130 e. The number of nitrogens with two attached hydrogens (primary N) is 1. The van der Waals surface area contributed by atoms with Crippen molar-refractivity contribution >= 4 is 5.82 Å². The molecule has 0 fully saturated rings. The Kier molecular flexibility index (Phi) is 3.92. The van der Waals surface area contributed by atoms with E-state index in [0.29, 0.717) is 12.4 Å². The lowest BCUT2D eigenvalue weighted by Crippen LogP contribution is -2.27. The van der Waals surface area contributed by atoms with Crippen LogP contribution in [0.4, 0.5) is 5.82 Å². The molecule has 0 saturated carbocycles. The standard InChI is InChI=1S/C19H21N3O/c1-19(2,23)13-22-18(20)16(14-9-5-3-6-10-14)17(21-22)15-11-7-4-8-12-15/h3-12,23H,13,20H2,1-2H3. The summed E-state index contributed by atoms with van der Waals surface area (Å²) in [7, 11) is 0. The van der Waals surface area contributed by atoms with Crippen molar-refractivity contribution < 1.29 is 5.11 Å². The van der Waals surface area contributed by atoms with Crippen molar-refractivity contribution in [2.45, 2.75) is 26.0 Å². The van der Waals surface area contributed by atoms with Gasteiger partial charge in [0.1, 0.15) is 11.5 Å². The summed E-state index contributed by atoms with van der Waals surface area (Å²) in [5.41, 5.74) is 9.25. The fraction of sp³-hybridized carbons (Fsp3) is 0.211. The number of nitrogens with zero attached hydrogens (tertiary/aromatic N) is 2. The van der Waals surface area contributed by atoms with Gasteiger partial charge in [0.05, 0.1) is 17.7 Å². The first-order chi connectivity index (χ1) is 11.0. The Hall–Kier alpha value is -2.59. The van der Waals surface area contributed by atoms with Gasteiger partial charge in [-0.15, -0.1) is 0 Å². The summed E-state index contributed by atoms with van der Waals surface area (Å²) in [4.78, 5) is 0. The van der Waals surface area contributed by atoms with Gasteiger partial charge in [-0.2, -0.15) is 5.10 Å². The quantitative estimate of drug-likeness (QED) is 0.774. The highest BCUT2D eigenvalue weighted by atomic mass is 16.3. The third-order valence-electron chi connectivity index (χ3n) is 3.64. The maximum Gasteiger partial charge on any atom is 0.130 e. The largest absolute Gasteiger partial charge is 0.389 e. The molecule has 118 valence electrons. The van der Waals surface area contributed by atoms with E-state index in [1.54, 1.807) is 18.5 Å². The molecule has 0 aliphatic carbocycles. The molecule has 2 aromatic carbocycles. The van der Waals surface area contributed by atoms with E-state index in [-0.39, 0.29) is 0 Å². The lowest BCUT2D eigenvalue weighted by atomic mass is 10.0. The van der Waals surface area contributed by atoms with Gasteiger partial charge in [0.25, 0.3) is 0 Å². The topological polar surface area (TPSA) is 64.1 Å². The lowest BCUT2D eigenvalue weighted by Gasteiger charge is -2.17. The highest BCUT2D eigenvalue weighted by Gasteiger charge is 2.22. The van der Waals surface area contributed by atoms with E-state index in [4.69, 9.17) is 5.73 Å². The molecule has 0 saturated heterocycles. The van der Waals surface area contributed by atoms with Gasteiger partial charge in [-0.3, -0.25) is 0 Å². The molecule has 4 nitrogen and oxygen atoms in total. The number of aliphatic hydroxyl groups is 1. The van der Waals surface area contributed by atoms with Gasteiger partial charge in [0.15, 0.2) is 0 Å². The predicted octanol–water partition coefficient (Wildman–Crippen LogP) is 3.57. The number of rotatable bonds is 4. The van der Waals surface area contributed by atoms with E-state index < -0.39 is 5.60 Å². The molecular formula is C19H21N3O. The second kappa shape index (κ2) is 5.89. The Balaban J connectivity index is 2.19. The fourth-order valence-electron chi connectivity index (χ4n) is 2.65. The van der Waals surface area contributed by atoms with Crippen LogP contribution in [-0.2, 0) is 6.54 Å².